The SMILES string of the molecule is Cc1cccc(C2=C(c3ccccc3)C(=NO)c3ccccc32)c1C. The molecule has 0 spiro atoms. The number of hydrogen-bond acceptors (Lipinski definition) is 2. The summed E-state index contributed by atoms with van der Waals surface area (Å²) < 4.78 is 0. The molecular formula is C23H19NO. The fourth-order valence-electron chi connectivity index (χ4n) is 3.59. The molecule has 3 aromatic rings. The number of nitrogens with zero attached hydrogens (tertiary/aromatic N) is 1. The second-order valence-electron chi connectivity index (χ2n) is 6.36. The minimum absolute atomic E-state index is 0.637. The van der Waals surface area contributed by atoms with Crippen LogP contribution in [-0.4, -0.2) is 10.9 Å². The van der Waals surface area contributed by atoms with Crippen LogP contribution in [0.25, 0.3) is 11.1 Å². The second-order valence-corrected chi connectivity index (χ2v) is 6.36. The first kappa shape index (κ1) is 15.4. The second kappa shape index (κ2) is 6.06. The molecule has 0 atom stereocenters. The predicted octanol–water partition coefficient (Wildman–Crippen LogP) is 5.45. The lowest BCUT2D eigenvalue weighted by atomic mass is 9.90. The normalized spacial score (nSPS) is 14.9. The van der Waals surface area contributed by atoms with Gasteiger partial charge in [0.25, 0.3) is 0 Å². The molecule has 0 radical (unpaired) electrons. The molecule has 1 aliphatic carbocycles. The number of hydrogen-bond donors (Lipinski definition) is 1. The van der Waals surface area contributed by atoms with Crippen LogP contribution in [0.1, 0.15) is 33.4 Å². The highest BCUT2D eigenvalue weighted by atomic mass is 16.4. The van der Waals surface area contributed by atoms with Gasteiger partial charge in [-0.05, 0) is 47.2 Å². The molecule has 25 heavy (non-hydrogen) atoms. The Morgan fingerprint density at radius 1 is 0.640 bits per heavy atom. The van der Waals surface area contributed by atoms with Gasteiger partial charge in [0.05, 0.1) is 0 Å². The third kappa shape index (κ3) is 2.38. The molecule has 0 saturated heterocycles. The molecule has 2 heteroatoms. The summed E-state index contributed by atoms with van der Waals surface area (Å²) >= 11 is 0. The Labute approximate surface area is 147 Å². The van der Waals surface area contributed by atoms with Crippen molar-refractivity contribution in [2.45, 2.75) is 13.8 Å². The maximum absolute atomic E-state index is 9.79. The number of allylic oxidation sites excluding steroid dienone is 1. The van der Waals surface area contributed by atoms with Crippen LogP contribution in [0.3, 0.4) is 0 Å². The van der Waals surface area contributed by atoms with E-state index in [4.69, 9.17) is 0 Å². The molecule has 0 saturated carbocycles. The third-order valence-corrected chi connectivity index (χ3v) is 4.97. The molecule has 0 heterocycles. The van der Waals surface area contributed by atoms with Gasteiger partial charge in [-0.1, -0.05) is 78.0 Å². The van der Waals surface area contributed by atoms with E-state index in [9.17, 15) is 5.21 Å². The van der Waals surface area contributed by atoms with Crippen LogP contribution in [-0.2, 0) is 0 Å². The summed E-state index contributed by atoms with van der Waals surface area (Å²) in [7, 11) is 0. The molecule has 0 amide bonds. The van der Waals surface area contributed by atoms with Crippen molar-refractivity contribution in [2.24, 2.45) is 5.16 Å². The van der Waals surface area contributed by atoms with Crippen LogP contribution < -0.4 is 0 Å². The van der Waals surface area contributed by atoms with Crippen LogP contribution in [0.15, 0.2) is 78.0 Å². The average molecular weight is 325 g/mol. The van der Waals surface area contributed by atoms with Crippen molar-refractivity contribution in [1.29, 1.82) is 0 Å². The molecule has 0 aliphatic heterocycles. The van der Waals surface area contributed by atoms with E-state index in [1.807, 2.05) is 36.4 Å². The topological polar surface area (TPSA) is 32.6 Å². The number of rotatable bonds is 2. The Hall–Kier alpha value is -3.13. The van der Waals surface area contributed by atoms with E-state index in [1.165, 1.54) is 16.7 Å². The van der Waals surface area contributed by atoms with Gasteiger partial charge in [-0.3, -0.25) is 0 Å². The fourth-order valence-corrected chi connectivity index (χ4v) is 3.59. The molecule has 0 unspecified atom stereocenters. The monoisotopic (exact) mass is 325 g/mol. The van der Waals surface area contributed by atoms with Gasteiger partial charge in [-0.25, -0.2) is 0 Å². The Kier molecular flexibility index (Phi) is 3.73. The lowest BCUT2D eigenvalue weighted by Crippen LogP contribution is -2.00. The van der Waals surface area contributed by atoms with Crippen LogP contribution in [0, 0.1) is 13.8 Å². The van der Waals surface area contributed by atoms with Crippen LogP contribution in [0.2, 0.25) is 0 Å². The van der Waals surface area contributed by atoms with E-state index in [0.717, 1.165) is 27.8 Å². The lowest BCUT2D eigenvalue weighted by molar-refractivity contribution is 0.320. The minimum Gasteiger partial charge on any atom is -0.410 e. The van der Waals surface area contributed by atoms with Crippen molar-refractivity contribution in [2.75, 3.05) is 0 Å². The molecule has 1 aliphatic rings. The zero-order valence-electron chi connectivity index (χ0n) is 14.3. The first-order valence-corrected chi connectivity index (χ1v) is 8.41. The summed E-state index contributed by atoms with van der Waals surface area (Å²) in [6, 6.07) is 24.7. The van der Waals surface area contributed by atoms with Crippen molar-refractivity contribution >= 4 is 16.9 Å². The van der Waals surface area contributed by atoms with Crippen LogP contribution in [0.4, 0.5) is 0 Å². The summed E-state index contributed by atoms with van der Waals surface area (Å²) in [6.07, 6.45) is 0. The number of aryl methyl sites for hydroxylation is 1. The smallest absolute Gasteiger partial charge is 0.118 e. The molecule has 1 N–H and O–H groups in total. The number of benzene rings is 3. The largest absolute Gasteiger partial charge is 0.410 e. The highest BCUT2D eigenvalue weighted by Crippen LogP contribution is 2.43. The van der Waals surface area contributed by atoms with Gasteiger partial charge in [-0.2, -0.15) is 0 Å². The fraction of sp³-hybridized carbons (Fsp3) is 0.0870. The van der Waals surface area contributed by atoms with Gasteiger partial charge < -0.3 is 5.21 Å². The van der Waals surface area contributed by atoms with Gasteiger partial charge in [-0.15, -0.1) is 0 Å². The molecule has 3 aromatic carbocycles. The maximum atomic E-state index is 9.79. The molecule has 0 aromatic heterocycles. The van der Waals surface area contributed by atoms with Crippen LogP contribution in [0.5, 0.6) is 0 Å². The molecule has 0 bridgehead atoms. The quantitative estimate of drug-likeness (QED) is 0.493. The molecule has 122 valence electrons. The van der Waals surface area contributed by atoms with E-state index >= 15 is 0 Å². The zero-order valence-corrected chi connectivity index (χ0v) is 14.3. The third-order valence-electron chi connectivity index (χ3n) is 4.97. The summed E-state index contributed by atoms with van der Waals surface area (Å²) in [5.74, 6) is 0. The first-order valence-electron chi connectivity index (χ1n) is 8.41. The van der Waals surface area contributed by atoms with Crippen molar-refractivity contribution in [1.82, 2.24) is 0 Å². The molecule has 2 nitrogen and oxygen atoms in total. The van der Waals surface area contributed by atoms with Crippen molar-refractivity contribution < 1.29 is 5.21 Å². The van der Waals surface area contributed by atoms with E-state index in [-0.39, 0.29) is 0 Å². The maximum Gasteiger partial charge on any atom is 0.118 e. The lowest BCUT2D eigenvalue weighted by Gasteiger charge is -2.13. The minimum atomic E-state index is 0.637. The van der Waals surface area contributed by atoms with Gasteiger partial charge in [0.2, 0.25) is 0 Å². The summed E-state index contributed by atoms with van der Waals surface area (Å²) in [5, 5.41) is 13.5. The molecular weight excluding hydrogens is 306 g/mol. The average Bonchev–Trinajstić information content (AvgIpc) is 2.99. The highest BCUT2D eigenvalue weighted by molar-refractivity contribution is 6.43. The number of fused-ring (bicyclic) bond motifs is 1. The zero-order chi connectivity index (χ0) is 17.4. The summed E-state index contributed by atoms with van der Waals surface area (Å²) in [5.41, 5.74) is 9.59. The Morgan fingerprint density at radius 3 is 2.00 bits per heavy atom. The Balaban J connectivity index is 2.12. The van der Waals surface area contributed by atoms with E-state index in [2.05, 4.69) is 55.4 Å². The number of oxime groups is 1. The van der Waals surface area contributed by atoms with Gasteiger partial charge in [0.15, 0.2) is 0 Å². The van der Waals surface area contributed by atoms with Crippen molar-refractivity contribution in [3.05, 3.63) is 106 Å². The van der Waals surface area contributed by atoms with Crippen LogP contribution >= 0.6 is 0 Å². The van der Waals surface area contributed by atoms with Crippen molar-refractivity contribution in [3.63, 3.8) is 0 Å². The first-order chi connectivity index (χ1) is 12.2. The van der Waals surface area contributed by atoms with Crippen molar-refractivity contribution in [3.8, 4) is 0 Å². The predicted molar refractivity (Wildman–Crippen MR) is 103 cm³/mol. The van der Waals surface area contributed by atoms with E-state index < -0.39 is 0 Å². The Bertz CT molecular complexity index is 1010. The standard InChI is InChI=1S/C23H19NO/c1-15-9-8-14-18(16(15)2)22-19-12-6-7-13-20(19)23(24-25)21(22)17-10-4-3-5-11-17/h3-14,25H,1-2H3. The van der Waals surface area contributed by atoms with Gasteiger partial charge in [0.1, 0.15) is 5.71 Å². The summed E-state index contributed by atoms with van der Waals surface area (Å²) in [4.78, 5) is 0. The van der Waals surface area contributed by atoms with Gasteiger partial charge in [0, 0.05) is 11.1 Å². The summed E-state index contributed by atoms with van der Waals surface area (Å²) in [6.45, 7) is 4.28. The van der Waals surface area contributed by atoms with E-state index in [0.29, 0.717) is 5.71 Å². The van der Waals surface area contributed by atoms with E-state index in [1.54, 1.807) is 0 Å². The van der Waals surface area contributed by atoms with Gasteiger partial charge >= 0.3 is 0 Å². The highest BCUT2D eigenvalue weighted by Gasteiger charge is 2.30. The molecule has 4 rings (SSSR count). The Morgan fingerprint density at radius 2 is 1.28 bits per heavy atom. The molecule has 0 fully saturated rings.